The average molecular weight is 409 g/mol. The van der Waals surface area contributed by atoms with Gasteiger partial charge in [0.25, 0.3) is 0 Å². The van der Waals surface area contributed by atoms with Gasteiger partial charge in [-0.2, -0.15) is 0 Å². The fourth-order valence-electron chi connectivity index (χ4n) is 3.40. The number of terminal acetylenes is 1. The summed E-state index contributed by atoms with van der Waals surface area (Å²) < 4.78 is 5.60. The quantitative estimate of drug-likeness (QED) is 0.458. The molecule has 5 nitrogen and oxygen atoms in total. The molecule has 2 aromatic carbocycles. The number of nitrogens with zero attached hydrogens (tertiary/aromatic N) is 3. The maximum Gasteiger partial charge on any atom is 0.162 e. The molecule has 4 aromatic rings. The first kappa shape index (κ1) is 20.5. The lowest BCUT2D eigenvalue weighted by Crippen LogP contribution is -2.07. The Hall–Kier alpha value is -3.75. The number of benzene rings is 2. The third-order valence-electron chi connectivity index (χ3n) is 5.10. The van der Waals surface area contributed by atoms with Crippen molar-refractivity contribution in [2.75, 3.05) is 6.61 Å². The normalized spacial score (nSPS) is 12.0. The molecule has 31 heavy (non-hydrogen) atoms. The first-order valence-electron chi connectivity index (χ1n) is 10.1. The highest BCUT2D eigenvalue weighted by molar-refractivity contribution is 5.93. The Bertz CT molecular complexity index is 1230. The molecule has 0 fully saturated rings. The summed E-state index contributed by atoms with van der Waals surface area (Å²) in [5, 5.41) is 11.7. The van der Waals surface area contributed by atoms with Crippen molar-refractivity contribution in [1.82, 2.24) is 15.0 Å². The zero-order valence-corrected chi connectivity index (χ0v) is 17.5. The van der Waals surface area contributed by atoms with Crippen LogP contribution in [0.4, 0.5) is 0 Å². The predicted octanol–water partition coefficient (Wildman–Crippen LogP) is 4.91. The molecule has 1 N–H and O–H groups in total. The Balaban J connectivity index is 1.87. The van der Waals surface area contributed by atoms with Crippen molar-refractivity contribution in [1.29, 1.82) is 0 Å². The van der Waals surface area contributed by atoms with Crippen LogP contribution >= 0.6 is 0 Å². The Morgan fingerprint density at radius 1 is 1.03 bits per heavy atom. The van der Waals surface area contributed by atoms with E-state index in [1.165, 1.54) is 5.56 Å². The van der Waals surface area contributed by atoms with E-state index in [-0.39, 0.29) is 6.61 Å². The molecule has 0 saturated carbocycles. The van der Waals surface area contributed by atoms with Crippen LogP contribution in [-0.4, -0.2) is 26.7 Å². The Labute approximate surface area is 181 Å². The monoisotopic (exact) mass is 409 g/mol. The van der Waals surface area contributed by atoms with Gasteiger partial charge in [0.05, 0.1) is 11.2 Å². The van der Waals surface area contributed by atoms with Crippen molar-refractivity contribution in [3.63, 3.8) is 0 Å². The van der Waals surface area contributed by atoms with Gasteiger partial charge in [-0.1, -0.05) is 50.1 Å². The van der Waals surface area contributed by atoms with Crippen LogP contribution in [0.15, 0.2) is 67.0 Å². The third-order valence-corrected chi connectivity index (χ3v) is 5.10. The highest BCUT2D eigenvalue weighted by Crippen LogP contribution is 2.32. The maximum atomic E-state index is 10.9. The van der Waals surface area contributed by atoms with Crippen LogP contribution in [0, 0.1) is 12.3 Å². The van der Waals surface area contributed by atoms with Crippen LogP contribution in [0.25, 0.3) is 22.2 Å². The average Bonchev–Trinajstić information content (AvgIpc) is 2.82. The van der Waals surface area contributed by atoms with Crippen molar-refractivity contribution >= 4 is 10.9 Å². The second-order valence-corrected chi connectivity index (χ2v) is 7.57. The zero-order chi connectivity index (χ0) is 21.8. The van der Waals surface area contributed by atoms with E-state index >= 15 is 0 Å². The second kappa shape index (κ2) is 8.95. The van der Waals surface area contributed by atoms with Crippen molar-refractivity contribution in [2.45, 2.75) is 25.9 Å². The molecule has 2 heterocycles. The molecule has 0 aliphatic carbocycles. The van der Waals surface area contributed by atoms with Crippen LogP contribution in [0.3, 0.4) is 0 Å². The van der Waals surface area contributed by atoms with Gasteiger partial charge < -0.3 is 9.84 Å². The van der Waals surface area contributed by atoms with Crippen LogP contribution in [0.2, 0.25) is 0 Å². The highest BCUT2D eigenvalue weighted by Gasteiger charge is 2.18. The Kier molecular flexibility index (Phi) is 5.92. The molecule has 0 bridgehead atoms. The number of hydrogen-bond donors (Lipinski definition) is 1. The number of ether oxygens (including phenoxy) is 1. The summed E-state index contributed by atoms with van der Waals surface area (Å²) in [4.78, 5) is 13.5. The summed E-state index contributed by atoms with van der Waals surface area (Å²) in [5.41, 5.74) is 4.26. The molecule has 5 heteroatoms. The number of pyridine rings is 1. The second-order valence-electron chi connectivity index (χ2n) is 7.57. The molecule has 2 aromatic heterocycles. The molecule has 0 radical (unpaired) electrons. The summed E-state index contributed by atoms with van der Waals surface area (Å²) in [6.07, 6.45) is 7.62. The van der Waals surface area contributed by atoms with Gasteiger partial charge in [-0.15, -0.1) is 6.42 Å². The van der Waals surface area contributed by atoms with Crippen LogP contribution in [0.1, 0.15) is 42.8 Å². The molecule has 1 atom stereocenters. The number of aromatic nitrogens is 3. The van der Waals surface area contributed by atoms with E-state index in [1.807, 2.05) is 30.3 Å². The Morgan fingerprint density at radius 2 is 1.84 bits per heavy atom. The summed E-state index contributed by atoms with van der Waals surface area (Å²) in [7, 11) is 0. The summed E-state index contributed by atoms with van der Waals surface area (Å²) in [6.45, 7) is 4.50. The summed E-state index contributed by atoms with van der Waals surface area (Å²) in [5.74, 6) is 3.88. The fourth-order valence-corrected chi connectivity index (χ4v) is 3.40. The maximum absolute atomic E-state index is 10.9. The lowest BCUT2D eigenvalue weighted by Gasteiger charge is -2.15. The standard InChI is InChI=1S/C26H23N3O2/c1-4-14-31-21-11-12-23-22(15-21)24(19-9-7-18(8-10-19)17(2)3)29-26(28-23)25(30)20-6-5-13-27-16-20/h1,5-13,15-17,25,30H,14H2,2-3H3. The van der Waals surface area contributed by atoms with Crippen LogP contribution in [-0.2, 0) is 0 Å². The van der Waals surface area contributed by atoms with E-state index in [2.05, 4.69) is 41.9 Å². The number of aliphatic hydroxyl groups is 1. The van der Waals surface area contributed by atoms with E-state index in [4.69, 9.17) is 16.1 Å². The predicted molar refractivity (Wildman–Crippen MR) is 122 cm³/mol. The molecule has 0 spiro atoms. The van der Waals surface area contributed by atoms with Crippen molar-refractivity contribution in [3.05, 3.63) is 83.9 Å². The van der Waals surface area contributed by atoms with Crippen molar-refractivity contribution < 1.29 is 9.84 Å². The first-order chi connectivity index (χ1) is 15.1. The van der Waals surface area contributed by atoms with Crippen molar-refractivity contribution in [2.24, 2.45) is 0 Å². The lowest BCUT2D eigenvalue weighted by atomic mass is 9.99. The Morgan fingerprint density at radius 3 is 2.52 bits per heavy atom. The minimum Gasteiger partial charge on any atom is -0.481 e. The van der Waals surface area contributed by atoms with Gasteiger partial charge in [-0.25, -0.2) is 9.97 Å². The van der Waals surface area contributed by atoms with Gasteiger partial charge in [0.2, 0.25) is 0 Å². The van der Waals surface area contributed by atoms with Crippen molar-refractivity contribution in [3.8, 4) is 29.4 Å². The number of aliphatic hydroxyl groups excluding tert-OH is 1. The van der Waals surface area contributed by atoms with Crippen LogP contribution < -0.4 is 4.74 Å². The molecular weight excluding hydrogens is 386 g/mol. The van der Waals surface area contributed by atoms with Gasteiger partial charge in [0, 0.05) is 28.9 Å². The van der Waals surface area contributed by atoms with Gasteiger partial charge in [-0.3, -0.25) is 4.98 Å². The van der Waals surface area contributed by atoms with Gasteiger partial charge in [-0.05, 0) is 35.7 Å². The number of hydrogen-bond acceptors (Lipinski definition) is 5. The molecule has 0 aliphatic heterocycles. The minimum absolute atomic E-state index is 0.183. The SMILES string of the molecule is C#CCOc1ccc2nc(C(O)c3cccnc3)nc(-c3ccc(C(C)C)cc3)c2c1. The molecule has 0 aliphatic rings. The molecule has 1 unspecified atom stereocenters. The van der Waals surface area contributed by atoms with Gasteiger partial charge in [0.15, 0.2) is 5.82 Å². The van der Waals surface area contributed by atoms with E-state index in [1.54, 1.807) is 24.5 Å². The zero-order valence-electron chi connectivity index (χ0n) is 17.5. The summed E-state index contributed by atoms with van der Waals surface area (Å²) in [6, 6.07) is 17.4. The first-order valence-corrected chi connectivity index (χ1v) is 10.1. The van der Waals surface area contributed by atoms with Gasteiger partial charge in [0.1, 0.15) is 18.5 Å². The lowest BCUT2D eigenvalue weighted by molar-refractivity contribution is 0.210. The van der Waals surface area contributed by atoms with E-state index < -0.39 is 6.10 Å². The molecular formula is C26H23N3O2. The third kappa shape index (κ3) is 4.40. The molecule has 0 saturated heterocycles. The molecule has 0 amide bonds. The molecule has 154 valence electrons. The topological polar surface area (TPSA) is 68.1 Å². The van der Waals surface area contributed by atoms with E-state index in [0.29, 0.717) is 28.6 Å². The summed E-state index contributed by atoms with van der Waals surface area (Å²) >= 11 is 0. The number of fused-ring (bicyclic) bond motifs is 1. The largest absolute Gasteiger partial charge is 0.481 e. The smallest absolute Gasteiger partial charge is 0.162 e. The molecule has 4 rings (SSSR count). The highest BCUT2D eigenvalue weighted by atomic mass is 16.5. The number of rotatable bonds is 6. The van der Waals surface area contributed by atoms with Crippen LogP contribution in [0.5, 0.6) is 5.75 Å². The minimum atomic E-state index is -0.982. The van der Waals surface area contributed by atoms with E-state index in [9.17, 15) is 5.11 Å². The van der Waals surface area contributed by atoms with Gasteiger partial charge >= 0.3 is 0 Å². The van der Waals surface area contributed by atoms with E-state index in [0.717, 1.165) is 16.6 Å². The fraction of sp³-hybridized carbons (Fsp3) is 0.192.